The molecule has 1 N–H and O–H groups in total. The number of nitrogens with one attached hydrogen (secondary N) is 1. The minimum atomic E-state index is -0.457. The Morgan fingerprint density at radius 3 is 2.42 bits per heavy atom. The number of nitrogens with zero attached hydrogens (tertiary/aromatic N) is 1. The monoisotopic (exact) mass is 354 g/mol. The number of benzene rings is 1. The first-order valence-electron chi connectivity index (χ1n) is 8.60. The Balaban J connectivity index is 1.87. The zero-order chi connectivity index (χ0) is 18.8. The first kappa shape index (κ1) is 17.9. The van der Waals surface area contributed by atoms with Crippen LogP contribution in [0, 0.1) is 6.92 Å². The number of carbonyl (C=O) groups excluding carboxylic acids is 2. The van der Waals surface area contributed by atoms with Gasteiger partial charge in [-0.1, -0.05) is 6.07 Å². The fourth-order valence-electron chi connectivity index (χ4n) is 3.35. The first-order valence-corrected chi connectivity index (χ1v) is 8.60. The van der Waals surface area contributed by atoms with Gasteiger partial charge in [0.1, 0.15) is 11.3 Å². The van der Waals surface area contributed by atoms with Gasteiger partial charge in [-0.2, -0.15) is 0 Å². The molecule has 0 aliphatic carbocycles. The molecule has 0 bridgehead atoms. The van der Waals surface area contributed by atoms with Gasteiger partial charge in [-0.15, -0.1) is 0 Å². The molecule has 0 fully saturated rings. The highest BCUT2D eigenvalue weighted by molar-refractivity contribution is 5.99. The van der Waals surface area contributed by atoms with E-state index in [1.807, 2.05) is 18.2 Å². The molecule has 2 heterocycles. The number of hydrogen-bond acceptors (Lipinski definition) is 4. The smallest absolute Gasteiger partial charge is 0.261 e. The minimum absolute atomic E-state index is 0.0179. The van der Waals surface area contributed by atoms with E-state index in [9.17, 15) is 14.4 Å². The highest BCUT2D eigenvalue weighted by atomic mass is 16.5. The average molecular weight is 354 g/mol. The number of hydrogen-bond donors (Lipinski definition) is 1. The Morgan fingerprint density at radius 2 is 1.77 bits per heavy atom. The van der Waals surface area contributed by atoms with Gasteiger partial charge in [-0.25, -0.2) is 0 Å². The summed E-state index contributed by atoms with van der Waals surface area (Å²) in [7, 11) is 1.63. The van der Waals surface area contributed by atoms with Crippen LogP contribution in [0.1, 0.15) is 44.5 Å². The summed E-state index contributed by atoms with van der Waals surface area (Å²) in [6.45, 7) is 4.12. The van der Waals surface area contributed by atoms with Crippen molar-refractivity contribution in [1.82, 2.24) is 9.88 Å². The first-order chi connectivity index (χ1) is 12.4. The Bertz CT molecular complexity index is 930. The fourth-order valence-corrected chi connectivity index (χ4v) is 3.35. The number of H-pyrrole nitrogens is 1. The topological polar surface area (TPSA) is 79.5 Å². The van der Waals surface area contributed by atoms with E-state index in [-0.39, 0.29) is 17.3 Å². The van der Waals surface area contributed by atoms with Gasteiger partial charge in [-0.3, -0.25) is 14.4 Å². The zero-order valence-electron chi connectivity index (χ0n) is 15.2. The van der Waals surface area contributed by atoms with Crippen molar-refractivity contribution in [3.8, 4) is 5.75 Å². The molecule has 0 spiro atoms. The van der Waals surface area contributed by atoms with Gasteiger partial charge in [0.2, 0.25) is 0 Å². The van der Waals surface area contributed by atoms with Crippen molar-refractivity contribution in [2.75, 3.05) is 20.2 Å². The van der Waals surface area contributed by atoms with Crippen LogP contribution in [-0.4, -0.2) is 41.8 Å². The molecule has 0 atom stereocenters. The number of amides is 1. The molecule has 1 aromatic carbocycles. The predicted octanol–water partition coefficient (Wildman–Crippen LogP) is 2.14. The number of Topliss-reactive ketones (excluding diaryl/α,β-unsaturated/α-hetero) is 1. The van der Waals surface area contributed by atoms with Crippen LogP contribution < -0.4 is 10.3 Å². The van der Waals surface area contributed by atoms with E-state index >= 15 is 0 Å². The van der Waals surface area contributed by atoms with Crippen molar-refractivity contribution < 1.29 is 14.3 Å². The van der Waals surface area contributed by atoms with Crippen LogP contribution >= 0.6 is 0 Å². The summed E-state index contributed by atoms with van der Waals surface area (Å²) in [5.74, 6) is 0.279. The van der Waals surface area contributed by atoms with Crippen LogP contribution in [0.25, 0.3) is 0 Å². The molecule has 26 heavy (non-hydrogen) atoms. The Kier molecular flexibility index (Phi) is 4.93. The maximum Gasteiger partial charge on any atom is 0.261 e. The third kappa shape index (κ3) is 3.40. The molecule has 0 saturated carbocycles. The van der Waals surface area contributed by atoms with Crippen molar-refractivity contribution in [3.05, 3.63) is 62.6 Å². The van der Waals surface area contributed by atoms with E-state index in [4.69, 9.17) is 4.74 Å². The van der Waals surface area contributed by atoms with E-state index in [2.05, 4.69) is 4.98 Å². The second-order valence-corrected chi connectivity index (χ2v) is 6.53. The van der Waals surface area contributed by atoms with Crippen LogP contribution in [-0.2, 0) is 12.8 Å². The van der Waals surface area contributed by atoms with E-state index in [1.165, 1.54) is 18.6 Å². The van der Waals surface area contributed by atoms with Gasteiger partial charge in [0.05, 0.1) is 7.11 Å². The molecule has 0 saturated heterocycles. The van der Waals surface area contributed by atoms with Crippen molar-refractivity contribution in [1.29, 1.82) is 0 Å². The summed E-state index contributed by atoms with van der Waals surface area (Å²) in [6, 6.07) is 7.35. The summed E-state index contributed by atoms with van der Waals surface area (Å²) in [6.07, 6.45) is 1.41. The molecule has 0 radical (unpaired) electrons. The molecule has 136 valence electrons. The Morgan fingerprint density at radius 1 is 1.08 bits per heavy atom. The number of pyridine rings is 1. The summed E-state index contributed by atoms with van der Waals surface area (Å²) >= 11 is 0. The molecule has 1 amide bonds. The maximum absolute atomic E-state index is 12.9. The van der Waals surface area contributed by atoms with Gasteiger partial charge < -0.3 is 14.6 Å². The normalized spacial score (nSPS) is 13.7. The number of ether oxygens (including phenoxy) is 1. The molecular formula is C20H22N2O4. The number of ketones is 1. The highest BCUT2D eigenvalue weighted by Gasteiger charge is 2.23. The maximum atomic E-state index is 12.9. The van der Waals surface area contributed by atoms with Gasteiger partial charge in [-0.05, 0) is 56.0 Å². The molecule has 6 nitrogen and oxygen atoms in total. The molecule has 6 heteroatoms. The van der Waals surface area contributed by atoms with E-state index in [1.54, 1.807) is 18.9 Å². The molecule has 2 aromatic rings. The van der Waals surface area contributed by atoms with Gasteiger partial charge in [0.25, 0.3) is 11.5 Å². The lowest BCUT2D eigenvalue weighted by Crippen LogP contribution is -2.37. The van der Waals surface area contributed by atoms with Gasteiger partial charge >= 0.3 is 0 Å². The van der Waals surface area contributed by atoms with Crippen LogP contribution in [0.2, 0.25) is 0 Å². The third-order valence-electron chi connectivity index (χ3n) is 4.85. The average Bonchev–Trinajstić information content (AvgIpc) is 2.82. The molecule has 1 aliphatic rings. The number of aromatic amines is 1. The minimum Gasteiger partial charge on any atom is -0.497 e. The number of carbonyl (C=O) groups is 2. The number of methoxy groups -OCH3 is 1. The quantitative estimate of drug-likeness (QED) is 0.857. The molecule has 0 unspecified atom stereocenters. The van der Waals surface area contributed by atoms with Crippen LogP contribution in [0.5, 0.6) is 5.75 Å². The van der Waals surface area contributed by atoms with Crippen LogP contribution in [0.4, 0.5) is 0 Å². The van der Waals surface area contributed by atoms with E-state index in [0.29, 0.717) is 37.2 Å². The molecule has 1 aliphatic heterocycles. The number of aromatic nitrogens is 1. The van der Waals surface area contributed by atoms with Crippen LogP contribution in [0.15, 0.2) is 29.1 Å². The fraction of sp³-hybridized carbons (Fsp3) is 0.350. The zero-order valence-corrected chi connectivity index (χ0v) is 15.2. The van der Waals surface area contributed by atoms with Crippen molar-refractivity contribution in [3.63, 3.8) is 0 Å². The molecule has 3 rings (SSSR count). The van der Waals surface area contributed by atoms with Crippen molar-refractivity contribution in [2.45, 2.75) is 26.7 Å². The van der Waals surface area contributed by atoms with Crippen molar-refractivity contribution >= 4 is 11.7 Å². The van der Waals surface area contributed by atoms with Crippen LogP contribution in [0.3, 0.4) is 0 Å². The van der Waals surface area contributed by atoms with Gasteiger partial charge in [0, 0.05) is 24.3 Å². The second-order valence-electron chi connectivity index (χ2n) is 6.53. The lowest BCUT2D eigenvalue weighted by atomic mass is 10.0. The molecule has 1 aromatic heterocycles. The summed E-state index contributed by atoms with van der Waals surface area (Å²) in [5.41, 5.74) is 2.75. The summed E-state index contributed by atoms with van der Waals surface area (Å²) in [5, 5.41) is 0. The number of rotatable bonds is 3. The SMILES string of the molecule is COc1ccc2c(c1)CCN(C(=O)c1cc(C(C)=O)c(C)[nH]c1=O)CC2. The number of aryl methyl sites for hydroxylation is 1. The van der Waals surface area contributed by atoms with Gasteiger partial charge in [0.15, 0.2) is 5.78 Å². The van der Waals surface area contributed by atoms with E-state index in [0.717, 1.165) is 11.3 Å². The third-order valence-corrected chi connectivity index (χ3v) is 4.85. The van der Waals surface area contributed by atoms with Crippen molar-refractivity contribution in [2.24, 2.45) is 0 Å². The highest BCUT2D eigenvalue weighted by Crippen LogP contribution is 2.22. The van der Waals surface area contributed by atoms with E-state index < -0.39 is 5.56 Å². The Labute approximate surface area is 151 Å². The Hall–Kier alpha value is -2.89. The predicted molar refractivity (Wildman–Crippen MR) is 98.1 cm³/mol. The standard InChI is InChI=1S/C20H22N2O4/c1-12-17(13(2)23)11-18(19(24)21-12)20(25)22-8-6-14-4-5-16(26-3)10-15(14)7-9-22/h4-5,10-11H,6-9H2,1-3H3,(H,21,24). The lowest BCUT2D eigenvalue weighted by molar-refractivity contribution is 0.0761. The second kappa shape index (κ2) is 7.15. The summed E-state index contributed by atoms with van der Waals surface area (Å²) in [4.78, 5) is 41.2. The lowest BCUT2D eigenvalue weighted by Gasteiger charge is -2.20. The molecular weight excluding hydrogens is 332 g/mol. The summed E-state index contributed by atoms with van der Waals surface area (Å²) < 4.78 is 5.27. The largest absolute Gasteiger partial charge is 0.497 e. The number of fused-ring (bicyclic) bond motifs is 1.